The van der Waals surface area contributed by atoms with Crippen molar-refractivity contribution in [2.24, 2.45) is 0 Å². The third-order valence-corrected chi connectivity index (χ3v) is 2.61. The maximum Gasteiger partial charge on any atom is 0.235 e. The number of anilines is 1. The number of hydrogen-bond acceptors (Lipinski definition) is 4. The van der Waals surface area contributed by atoms with Gasteiger partial charge >= 0.3 is 0 Å². The van der Waals surface area contributed by atoms with Crippen LogP contribution in [0.15, 0.2) is 22.6 Å². The number of benzene rings is 1. The summed E-state index contributed by atoms with van der Waals surface area (Å²) in [5.41, 5.74) is 1.71. The van der Waals surface area contributed by atoms with Crippen LogP contribution in [-0.2, 0) is 6.54 Å². The highest BCUT2D eigenvalue weighted by Crippen LogP contribution is 2.17. The molecule has 2 rings (SSSR count). The van der Waals surface area contributed by atoms with E-state index < -0.39 is 0 Å². The number of aromatic nitrogens is 2. The van der Waals surface area contributed by atoms with Crippen molar-refractivity contribution >= 4 is 5.69 Å². The molecule has 0 radical (unpaired) electrons. The van der Waals surface area contributed by atoms with Crippen LogP contribution in [0.4, 0.5) is 10.1 Å². The van der Waals surface area contributed by atoms with Crippen LogP contribution in [0.5, 0.6) is 0 Å². The van der Waals surface area contributed by atoms with Crippen molar-refractivity contribution in [1.29, 1.82) is 0 Å². The summed E-state index contributed by atoms with van der Waals surface area (Å²) in [5, 5.41) is 11.0. The number of aryl methyl sites for hydroxylation is 1. The molecule has 1 heterocycles. The fourth-order valence-electron chi connectivity index (χ4n) is 1.53. The van der Waals surface area contributed by atoms with Gasteiger partial charge in [-0.25, -0.2) is 4.39 Å². The maximum absolute atomic E-state index is 13.1. The second kappa shape index (κ2) is 5.16. The van der Waals surface area contributed by atoms with Crippen LogP contribution in [0.3, 0.4) is 0 Å². The zero-order valence-electron chi connectivity index (χ0n) is 10.7. The van der Waals surface area contributed by atoms with E-state index in [1.165, 1.54) is 12.1 Å². The van der Waals surface area contributed by atoms with Crippen molar-refractivity contribution in [2.75, 3.05) is 5.32 Å². The summed E-state index contributed by atoms with van der Waals surface area (Å²) in [6.45, 7) is 6.28. The van der Waals surface area contributed by atoms with Gasteiger partial charge in [0.05, 0.1) is 6.54 Å². The molecule has 0 aliphatic rings. The number of nitrogens with one attached hydrogen (secondary N) is 1. The van der Waals surface area contributed by atoms with E-state index in [0.717, 1.165) is 11.3 Å². The standard InChI is InChI=1S/C13H16FN3O/c1-8(2)13-17-16-12(18-13)7-15-11-6-10(14)5-4-9(11)3/h4-6,8,15H,7H2,1-3H3. The van der Waals surface area contributed by atoms with Crippen LogP contribution in [0.2, 0.25) is 0 Å². The first kappa shape index (κ1) is 12.5. The van der Waals surface area contributed by atoms with Gasteiger partial charge in [0, 0.05) is 11.6 Å². The molecule has 0 atom stereocenters. The molecule has 0 amide bonds. The highest BCUT2D eigenvalue weighted by Gasteiger charge is 2.09. The van der Waals surface area contributed by atoms with E-state index in [9.17, 15) is 4.39 Å². The highest BCUT2D eigenvalue weighted by molar-refractivity contribution is 5.50. The lowest BCUT2D eigenvalue weighted by Gasteiger charge is -2.07. The fraction of sp³-hybridized carbons (Fsp3) is 0.385. The molecule has 4 nitrogen and oxygen atoms in total. The largest absolute Gasteiger partial charge is 0.423 e. The average molecular weight is 249 g/mol. The van der Waals surface area contributed by atoms with Crippen molar-refractivity contribution in [3.05, 3.63) is 41.4 Å². The minimum absolute atomic E-state index is 0.210. The maximum atomic E-state index is 13.1. The Morgan fingerprint density at radius 3 is 2.78 bits per heavy atom. The van der Waals surface area contributed by atoms with Crippen molar-refractivity contribution in [2.45, 2.75) is 33.2 Å². The van der Waals surface area contributed by atoms with Crippen molar-refractivity contribution in [3.63, 3.8) is 0 Å². The number of halogens is 1. The monoisotopic (exact) mass is 249 g/mol. The van der Waals surface area contributed by atoms with Crippen molar-refractivity contribution < 1.29 is 8.81 Å². The Morgan fingerprint density at radius 2 is 2.11 bits per heavy atom. The summed E-state index contributed by atoms with van der Waals surface area (Å²) in [6.07, 6.45) is 0. The molecule has 1 aromatic heterocycles. The first-order valence-electron chi connectivity index (χ1n) is 5.88. The molecule has 0 fully saturated rings. The molecule has 1 aromatic carbocycles. The van der Waals surface area contributed by atoms with E-state index in [0.29, 0.717) is 18.3 Å². The molecule has 0 spiro atoms. The second-order valence-electron chi connectivity index (χ2n) is 4.50. The Bertz CT molecular complexity index is 537. The van der Waals surface area contributed by atoms with Crippen LogP contribution in [0.25, 0.3) is 0 Å². The molecular formula is C13H16FN3O. The zero-order valence-corrected chi connectivity index (χ0v) is 10.7. The molecule has 1 N–H and O–H groups in total. The van der Waals surface area contributed by atoms with Gasteiger partial charge in [0.2, 0.25) is 11.8 Å². The van der Waals surface area contributed by atoms with Gasteiger partial charge in [0.1, 0.15) is 5.82 Å². The number of hydrogen-bond donors (Lipinski definition) is 1. The van der Waals surface area contributed by atoms with Gasteiger partial charge < -0.3 is 9.73 Å². The van der Waals surface area contributed by atoms with E-state index in [4.69, 9.17) is 4.42 Å². The Balaban J connectivity index is 2.04. The molecule has 0 saturated carbocycles. The fourth-order valence-corrected chi connectivity index (χ4v) is 1.53. The summed E-state index contributed by atoms with van der Waals surface area (Å²) in [4.78, 5) is 0. The van der Waals surface area contributed by atoms with Crippen molar-refractivity contribution in [1.82, 2.24) is 10.2 Å². The summed E-state index contributed by atoms with van der Waals surface area (Å²) < 4.78 is 18.5. The Kier molecular flexibility index (Phi) is 3.60. The molecule has 0 aliphatic carbocycles. The predicted molar refractivity (Wildman–Crippen MR) is 66.9 cm³/mol. The molecule has 0 bridgehead atoms. The molecule has 0 saturated heterocycles. The predicted octanol–water partition coefficient (Wildman–Crippen LogP) is 3.25. The molecule has 0 unspecified atom stereocenters. The van der Waals surface area contributed by atoms with E-state index in [2.05, 4.69) is 15.5 Å². The lowest BCUT2D eigenvalue weighted by Crippen LogP contribution is -2.01. The van der Waals surface area contributed by atoms with Gasteiger partial charge in [-0.15, -0.1) is 10.2 Å². The van der Waals surface area contributed by atoms with Crippen LogP contribution >= 0.6 is 0 Å². The van der Waals surface area contributed by atoms with Gasteiger partial charge in [0.15, 0.2) is 0 Å². The normalized spacial score (nSPS) is 10.9. The van der Waals surface area contributed by atoms with Crippen LogP contribution in [0, 0.1) is 12.7 Å². The second-order valence-corrected chi connectivity index (χ2v) is 4.50. The third-order valence-electron chi connectivity index (χ3n) is 2.61. The summed E-state index contributed by atoms with van der Waals surface area (Å²) in [6, 6.07) is 4.62. The molecule has 0 aliphatic heterocycles. The van der Waals surface area contributed by atoms with Gasteiger partial charge in [-0.05, 0) is 24.6 Å². The van der Waals surface area contributed by atoms with E-state index >= 15 is 0 Å². The van der Waals surface area contributed by atoms with Crippen molar-refractivity contribution in [3.8, 4) is 0 Å². The number of nitrogens with zero attached hydrogens (tertiary/aromatic N) is 2. The van der Waals surface area contributed by atoms with Crippen LogP contribution in [0.1, 0.15) is 37.1 Å². The molecule has 18 heavy (non-hydrogen) atoms. The third kappa shape index (κ3) is 2.85. The van der Waals surface area contributed by atoms with Gasteiger partial charge in [-0.1, -0.05) is 19.9 Å². The van der Waals surface area contributed by atoms with E-state index in [-0.39, 0.29) is 11.7 Å². The smallest absolute Gasteiger partial charge is 0.235 e. The highest BCUT2D eigenvalue weighted by atomic mass is 19.1. The van der Waals surface area contributed by atoms with Crippen LogP contribution < -0.4 is 5.32 Å². The zero-order chi connectivity index (χ0) is 13.1. The SMILES string of the molecule is Cc1ccc(F)cc1NCc1nnc(C(C)C)o1. The number of rotatable bonds is 4. The molecule has 96 valence electrons. The Morgan fingerprint density at radius 1 is 1.33 bits per heavy atom. The minimum Gasteiger partial charge on any atom is -0.423 e. The summed E-state index contributed by atoms with van der Waals surface area (Å²) >= 11 is 0. The summed E-state index contributed by atoms with van der Waals surface area (Å²) in [7, 11) is 0. The average Bonchev–Trinajstić information content (AvgIpc) is 2.79. The lowest BCUT2D eigenvalue weighted by atomic mass is 10.2. The van der Waals surface area contributed by atoms with E-state index in [1.807, 2.05) is 20.8 Å². The van der Waals surface area contributed by atoms with Gasteiger partial charge in [0.25, 0.3) is 0 Å². The van der Waals surface area contributed by atoms with E-state index in [1.54, 1.807) is 6.07 Å². The van der Waals surface area contributed by atoms with Gasteiger partial charge in [-0.2, -0.15) is 0 Å². The Labute approximate surface area is 105 Å². The molecule has 5 heteroatoms. The molecule has 2 aromatic rings. The first-order chi connectivity index (χ1) is 8.56. The minimum atomic E-state index is -0.267. The Hall–Kier alpha value is -1.91. The topological polar surface area (TPSA) is 51.0 Å². The van der Waals surface area contributed by atoms with Gasteiger partial charge in [-0.3, -0.25) is 0 Å². The molecular weight excluding hydrogens is 233 g/mol. The summed E-state index contributed by atoms with van der Waals surface area (Å²) in [5.74, 6) is 1.06. The lowest BCUT2D eigenvalue weighted by molar-refractivity contribution is 0.437. The quantitative estimate of drug-likeness (QED) is 0.903. The first-order valence-corrected chi connectivity index (χ1v) is 5.88. The van der Waals surface area contributed by atoms with Crippen LogP contribution in [-0.4, -0.2) is 10.2 Å².